The van der Waals surface area contributed by atoms with E-state index in [0.29, 0.717) is 63.1 Å². The Labute approximate surface area is 278 Å². The molecule has 4 aliphatic rings. The molecule has 4 aliphatic heterocycles. The van der Waals surface area contributed by atoms with E-state index >= 15 is 0 Å². The fourth-order valence-corrected chi connectivity index (χ4v) is 7.63. The minimum absolute atomic E-state index is 0. The molecular weight excluding hydrogens is 604 g/mol. The Balaban J connectivity index is 0.00000433. The van der Waals surface area contributed by atoms with Gasteiger partial charge in [-0.3, -0.25) is 9.69 Å². The van der Waals surface area contributed by atoms with E-state index in [4.69, 9.17) is 16.3 Å². The van der Waals surface area contributed by atoms with Crippen LogP contribution in [0.1, 0.15) is 49.4 Å². The summed E-state index contributed by atoms with van der Waals surface area (Å²) in [5.74, 6) is -0.140. The molecule has 11 heteroatoms. The number of anilines is 1. The minimum Gasteiger partial charge on any atom is -0.436 e. The predicted octanol–water partition coefficient (Wildman–Crippen LogP) is 4.70. The average Bonchev–Trinajstić information content (AvgIpc) is 3.25. The maximum absolute atomic E-state index is 14.0. The summed E-state index contributed by atoms with van der Waals surface area (Å²) in [6.45, 7) is 10.5. The zero-order valence-corrected chi connectivity index (χ0v) is 27.9. The van der Waals surface area contributed by atoms with Gasteiger partial charge in [-0.25, -0.2) is 9.59 Å². The first-order chi connectivity index (χ1) is 22.3. The number of ether oxygens (including phenoxy) is 1. The van der Waals surface area contributed by atoms with E-state index in [9.17, 15) is 14.4 Å². The second-order valence-electron chi connectivity index (χ2n) is 13.2. The van der Waals surface area contributed by atoms with E-state index in [1.54, 1.807) is 4.90 Å². The van der Waals surface area contributed by atoms with E-state index < -0.39 is 12.2 Å². The Kier molecular flexibility index (Phi) is 10.4. The standard InChI is InChI=1S/C35H47ClN6O4.H2/c1-24-21-26(22-25(2)32(24)36)23-31(33(43)40-19-17-39(18-20-40)28-7-12-37-13-8-28)46-35(45)41-14-10-29(11-15-41)42-16-9-27-5-3-4-6-30(27)38-34(42)44;/h3-6,21-22,28-29,31,37H,7-20,23H2,1-2H3,(H,38,44);1H/t31-;/m1./s1. The van der Waals surface area contributed by atoms with E-state index in [0.717, 1.165) is 73.4 Å². The number of nitrogens with one attached hydrogen (secondary N) is 2. The number of hydrogen-bond donors (Lipinski definition) is 2. The van der Waals surface area contributed by atoms with E-state index in [-0.39, 0.29) is 19.4 Å². The summed E-state index contributed by atoms with van der Waals surface area (Å²) < 4.78 is 6.07. The van der Waals surface area contributed by atoms with Gasteiger partial charge in [0, 0.05) is 76.5 Å². The van der Waals surface area contributed by atoms with Crippen LogP contribution in [0.5, 0.6) is 0 Å². The van der Waals surface area contributed by atoms with Crippen molar-refractivity contribution in [3.8, 4) is 0 Å². The number of fused-ring (bicyclic) bond motifs is 1. The van der Waals surface area contributed by atoms with E-state index in [2.05, 4.69) is 21.6 Å². The van der Waals surface area contributed by atoms with Crippen LogP contribution in [-0.4, -0.2) is 115 Å². The monoisotopic (exact) mass is 652 g/mol. The molecule has 2 aromatic rings. The third-order valence-electron chi connectivity index (χ3n) is 10.2. The van der Waals surface area contributed by atoms with Crippen molar-refractivity contribution in [2.75, 3.05) is 64.2 Å². The van der Waals surface area contributed by atoms with Crippen LogP contribution < -0.4 is 10.6 Å². The fourth-order valence-electron chi connectivity index (χ4n) is 7.52. The molecule has 0 aliphatic carbocycles. The van der Waals surface area contributed by atoms with Gasteiger partial charge in [0.25, 0.3) is 5.91 Å². The molecule has 0 unspecified atom stereocenters. The molecule has 0 aromatic heterocycles. The first-order valence-electron chi connectivity index (χ1n) is 16.9. The van der Waals surface area contributed by atoms with Gasteiger partial charge < -0.3 is 30.1 Å². The second kappa shape index (κ2) is 14.6. The number of carbonyl (C=O) groups excluding carboxylic acids is 3. The number of nitrogens with zero attached hydrogens (tertiary/aromatic N) is 4. The zero-order chi connectivity index (χ0) is 32.2. The molecule has 6 rings (SSSR count). The van der Waals surface area contributed by atoms with Crippen molar-refractivity contribution in [1.82, 2.24) is 24.9 Å². The highest BCUT2D eigenvalue weighted by Gasteiger charge is 2.36. The maximum atomic E-state index is 14.0. The summed E-state index contributed by atoms with van der Waals surface area (Å²) in [7, 11) is 0. The summed E-state index contributed by atoms with van der Waals surface area (Å²) in [5, 5.41) is 7.20. The average molecular weight is 653 g/mol. The topological polar surface area (TPSA) is 97.5 Å². The van der Waals surface area contributed by atoms with Crippen LogP contribution in [-0.2, 0) is 22.4 Å². The van der Waals surface area contributed by atoms with Crippen LogP contribution in [0.3, 0.4) is 0 Å². The normalized spacial score (nSPS) is 20.9. The van der Waals surface area contributed by atoms with Gasteiger partial charge in [0.05, 0.1) is 0 Å². The summed E-state index contributed by atoms with van der Waals surface area (Å²) in [6, 6.07) is 12.4. The lowest BCUT2D eigenvalue weighted by atomic mass is 10.0. The highest BCUT2D eigenvalue weighted by Crippen LogP contribution is 2.27. The molecule has 4 heterocycles. The number of piperazine rings is 1. The van der Waals surface area contributed by atoms with Crippen molar-refractivity contribution < 1.29 is 20.5 Å². The second-order valence-corrected chi connectivity index (χ2v) is 13.6. The molecule has 1 atom stereocenters. The van der Waals surface area contributed by atoms with Crippen LogP contribution in [0.2, 0.25) is 5.02 Å². The quantitative estimate of drug-likeness (QED) is 0.470. The summed E-state index contributed by atoms with van der Waals surface area (Å²) in [5.41, 5.74) is 4.80. The van der Waals surface area contributed by atoms with Crippen molar-refractivity contribution in [2.45, 2.75) is 70.6 Å². The molecular formula is C35H49ClN6O4. The van der Waals surface area contributed by atoms with Gasteiger partial charge in [-0.1, -0.05) is 41.9 Å². The number of aryl methyl sites for hydroxylation is 2. The van der Waals surface area contributed by atoms with Gasteiger partial charge in [0.1, 0.15) is 0 Å². The maximum Gasteiger partial charge on any atom is 0.410 e. The SMILES string of the molecule is Cc1cc(C[C@@H](OC(=O)N2CCC(N3CCc4ccccc4NC3=O)CC2)C(=O)N2CCN(C3CCNCC3)CC2)cc(C)c1Cl.[HH]. The molecule has 3 saturated heterocycles. The molecule has 250 valence electrons. The smallest absolute Gasteiger partial charge is 0.410 e. The zero-order valence-electron chi connectivity index (χ0n) is 27.1. The molecule has 0 saturated carbocycles. The number of benzene rings is 2. The first-order valence-corrected chi connectivity index (χ1v) is 17.2. The lowest BCUT2D eigenvalue weighted by Gasteiger charge is -2.41. The summed E-state index contributed by atoms with van der Waals surface area (Å²) in [4.78, 5) is 48.6. The highest BCUT2D eigenvalue weighted by molar-refractivity contribution is 6.32. The van der Waals surface area contributed by atoms with Crippen LogP contribution in [0.25, 0.3) is 0 Å². The molecule has 0 bridgehead atoms. The molecule has 0 spiro atoms. The van der Waals surface area contributed by atoms with Crippen molar-refractivity contribution in [2.24, 2.45) is 0 Å². The molecule has 4 amide bonds. The highest BCUT2D eigenvalue weighted by atomic mass is 35.5. The minimum atomic E-state index is -0.925. The molecule has 2 aromatic carbocycles. The predicted molar refractivity (Wildman–Crippen MR) is 182 cm³/mol. The van der Waals surface area contributed by atoms with Crippen LogP contribution >= 0.6 is 11.6 Å². The number of carbonyl (C=O) groups is 3. The van der Waals surface area contributed by atoms with Crippen molar-refractivity contribution in [3.63, 3.8) is 0 Å². The van der Waals surface area contributed by atoms with Crippen molar-refractivity contribution in [3.05, 3.63) is 63.7 Å². The number of urea groups is 1. The Morgan fingerprint density at radius 2 is 1.59 bits per heavy atom. The summed E-state index contributed by atoms with van der Waals surface area (Å²) in [6.07, 6.45) is 3.27. The Bertz CT molecular complexity index is 1400. The van der Waals surface area contributed by atoms with E-state index in [1.807, 2.05) is 54.0 Å². The molecule has 46 heavy (non-hydrogen) atoms. The number of piperidine rings is 2. The number of halogens is 1. The molecule has 3 fully saturated rings. The Morgan fingerprint density at radius 3 is 2.28 bits per heavy atom. The van der Waals surface area contributed by atoms with Crippen LogP contribution in [0.15, 0.2) is 36.4 Å². The lowest BCUT2D eigenvalue weighted by molar-refractivity contribution is -0.143. The fraction of sp³-hybridized carbons (Fsp3) is 0.571. The van der Waals surface area contributed by atoms with Gasteiger partial charge in [0.2, 0.25) is 0 Å². The number of para-hydroxylation sites is 1. The van der Waals surface area contributed by atoms with Gasteiger partial charge in [-0.15, -0.1) is 0 Å². The summed E-state index contributed by atoms with van der Waals surface area (Å²) >= 11 is 6.44. The van der Waals surface area contributed by atoms with E-state index in [1.165, 1.54) is 0 Å². The first kappa shape index (κ1) is 32.6. The number of rotatable bonds is 6. The van der Waals surface area contributed by atoms with Crippen LogP contribution in [0, 0.1) is 13.8 Å². The lowest BCUT2D eigenvalue weighted by Crippen LogP contribution is -2.56. The Morgan fingerprint density at radius 1 is 0.913 bits per heavy atom. The third-order valence-corrected chi connectivity index (χ3v) is 10.8. The molecule has 10 nitrogen and oxygen atoms in total. The molecule has 2 N–H and O–H groups in total. The van der Waals surface area contributed by atoms with Gasteiger partial charge in [-0.2, -0.15) is 0 Å². The van der Waals surface area contributed by atoms with Gasteiger partial charge in [-0.05, 0) is 87.4 Å². The number of amides is 4. The van der Waals surface area contributed by atoms with Crippen molar-refractivity contribution >= 4 is 35.3 Å². The number of likely N-dealkylation sites (tertiary alicyclic amines) is 1. The van der Waals surface area contributed by atoms with Gasteiger partial charge in [0.15, 0.2) is 6.10 Å². The van der Waals surface area contributed by atoms with Gasteiger partial charge >= 0.3 is 12.1 Å². The number of hydrogen-bond acceptors (Lipinski definition) is 6. The Hall–Kier alpha value is -3.34. The largest absolute Gasteiger partial charge is 0.436 e. The van der Waals surface area contributed by atoms with Crippen LogP contribution in [0.4, 0.5) is 15.3 Å². The molecule has 0 radical (unpaired) electrons. The third kappa shape index (κ3) is 7.45. The van der Waals surface area contributed by atoms with Crippen molar-refractivity contribution in [1.29, 1.82) is 0 Å².